The number of ether oxygens (including phenoxy) is 1. The van der Waals surface area contributed by atoms with Gasteiger partial charge in [-0.05, 0) is 12.1 Å². The molecule has 2 N–H and O–H groups in total. The highest BCUT2D eigenvalue weighted by Crippen LogP contribution is 2.37. The van der Waals surface area contributed by atoms with Crippen LogP contribution in [0.4, 0.5) is 13.2 Å². The zero-order valence-electron chi connectivity index (χ0n) is 9.66. The van der Waals surface area contributed by atoms with E-state index in [4.69, 9.17) is 0 Å². The van der Waals surface area contributed by atoms with Crippen molar-refractivity contribution in [2.45, 2.75) is 18.2 Å². The van der Waals surface area contributed by atoms with Crippen LogP contribution in [0.25, 0.3) is 11.0 Å². The molecule has 104 valence electrons. The van der Waals surface area contributed by atoms with E-state index in [9.17, 15) is 23.4 Å². The fourth-order valence-electron chi connectivity index (χ4n) is 1.63. The number of rotatable bonds is 3. The molecule has 9 heteroatoms. The largest absolute Gasteiger partial charge is 0.447 e. The van der Waals surface area contributed by atoms with E-state index in [-0.39, 0.29) is 5.52 Å². The van der Waals surface area contributed by atoms with E-state index in [1.54, 1.807) is 12.1 Å². The number of benzene rings is 1. The Morgan fingerprint density at radius 1 is 1.26 bits per heavy atom. The molecule has 0 fully saturated rings. The highest BCUT2D eigenvalue weighted by molar-refractivity contribution is 5.73. The Labute approximate surface area is 105 Å². The number of halogens is 3. The number of hydrogen-bond acceptors (Lipinski definition) is 5. The first-order valence-corrected chi connectivity index (χ1v) is 5.13. The SMILES string of the molecule is COC(n1nnc2ccccc21)C(O)(O)C(F)(F)F. The first kappa shape index (κ1) is 13.7. The van der Waals surface area contributed by atoms with Crippen molar-refractivity contribution in [3.05, 3.63) is 24.3 Å². The number of nitrogens with zero attached hydrogens (tertiary/aromatic N) is 3. The highest BCUT2D eigenvalue weighted by atomic mass is 19.4. The van der Waals surface area contributed by atoms with Crippen LogP contribution >= 0.6 is 0 Å². The van der Waals surface area contributed by atoms with E-state index in [2.05, 4.69) is 15.0 Å². The zero-order valence-corrected chi connectivity index (χ0v) is 9.66. The number of alkyl halides is 3. The van der Waals surface area contributed by atoms with E-state index >= 15 is 0 Å². The number of para-hydroxylation sites is 1. The second-order valence-electron chi connectivity index (χ2n) is 3.83. The molecule has 0 radical (unpaired) electrons. The summed E-state index contributed by atoms with van der Waals surface area (Å²) in [5.41, 5.74) is 0.494. The van der Waals surface area contributed by atoms with E-state index in [0.717, 1.165) is 7.11 Å². The molecule has 0 saturated heterocycles. The fraction of sp³-hybridized carbons (Fsp3) is 0.400. The molecule has 0 bridgehead atoms. The van der Waals surface area contributed by atoms with Crippen molar-refractivity contribution >= 4 is 11.0 Å². The molecule has 0 saturated carbocycles. The van der Waals surface area contributed by atoms with Crippen LogP contribution in [0, 0.1) is 0 Å². The summed E-state index contributed by atoms with van der Waals surface area (Å²) in [7, 11) is 0.911. The minimum atomic E-state index is -5.30. The van der Waals surface area contributed by atoms with Gasteiger partial charge < -0.3 is 14.9 Å². The van der Waals surface area contributed by atoms with Crippen LogP contribution in [0.15, 0.2) is 24.3 Å². The standard InChI is InChI=1S/C10H10F3N3O3/c1-19-8(9(17,18)10(11,12)13)16-7-5-3-2-4-6(7)14-15-16/h2-5,8,17-18H,1H3. The summed E-state index contributed by atoms with van der Waals surface area (Å²) >= 11 is 0. The van der Waals surface area contributed by atoms with Gasteiger partial charge in [0.05, 0.1) is 5.52 Å². The molecule has 0 amide bonds. The van der Waals surface area contributed by atoms with Gasteiger partial charge >= 0.3 is 12.0 Å². The van der Waals surface area contributed by atoms with Gasteiger partial charge in [-0.2, -0.15) is 13.2 Å². The van der Waals surface area contributed by atoms with Gasteiger partial charge in [0, 0.05) is 7.11 Å². The summed E-state index contributed by atoms with van der Waals surface area (Å²) in [6, 6.07) is 6.14. The van der Waals surface area contributed by atoms with E-state index < -0.39 is 18.2 Å². The number of aliphatic hydroxyl groups is 2. The van der Waals surface area contributed by atoms with E-state index in [1.807, 2.05) is 0 Å². The molecular weight excluding hydrogens is 267 g/mol. The van der Waals surface area contributed by atoms with Gasteiger partial charge in [0.2, 0.25) is 6.23 Å². The number of aromatic nitrogens is 3. The van der Waals surface area contributed by atoms with Crippen LogP contribution in [0.5, 0.6) is 0 Å². The maximum absolute atomic E-state index is 12.6. The Bertz CT molecular complexity index is 582. The Kier molecular flexibility index (Phi) is 3.20. The second-order valence-corrected chi connectivity index (χ2v) is 3.83. The Balaban J connectivity index is 2.54. The number of methoxy groups -OCH3 is 1. The smallest absolute Gasteiger partial charge is 0.355 e. The Hall–Kier alpha value is -1.71. The van der Waals surface area contributed by atoms with Crippen molar-refractivity contribution in [1.29, 1.82) is 0 Å². The van der Waals surface area contributed by atoms with Crippen LogP contribution in [0.3, 0.4) is 0 Å². The van der Waals surface area contributed by atoms with E-state index in [0.29, 0.717) is 10.2 Å². The van der Waals surface area contributed by atoms with Crippen molar-refractivity contribution in [3.63, 3.8) is 0 Å². The quantitative estimate of drug-likeness (QED) is 0.812. The third kappa shape index (κ3) is 2.15. The van der Waals surface area contributed by atoms with Gasteiger partial charge in [-0.25, -0.2) is 4.68 Å². The molecule has 0 aliphatic heterocycles. The molecule has 1 aromatic carbocycles. The molecule has 0 spiro atoms. The summed E-state index contributed by atoms with van der Waals surface area (Å²) in [6.45, 7) is 0. The molecule has 2 rings (SSSR count). The van der Waals surface area contributed by atoms with Crippen LogP contribution in [-0.2, 0) is 4.74 Å². The molecule has 1 atom stereocenters. The molecule has 0 aliphatic rings. The summed E-state index contributed by atoms with van der Waals surface area (Å²) < 4.78 is 43.1. The maximum atomic E-state index is 12.6. The molecule has 19 heavy (non-hydrogen) atoms. The van der Waals surface area contributed by atoms with Gasteiger partial charge in [-0.15, -0.1) is 5.10 Å². The van der Waals surface area contributed by atoms with Gasteiger partial charge in [0.1, 0.15) is 5.52 Å². The minimum Gasteiger partial charge on any atom is -0.355 e. The van der Waals surface area contributed by atoms with Crippen molar-refractivity contribution in [1.82, 2.24) is 15.0 Å². The summed E-state index contributed by atoms with van der Waals surface area (Å²) in [5, 5.41) is 25.6. The number of fused-ring (bicyclic) bond motifs is 1. The second kappa shape index (κ2) is 4.44. The van der Waals surface area contributed by atoms with Crippen molar-refractivity contribution in [2.75, 3.05) is 7.11 Å². The first-order valence-electron chi connectivity index (χ1n) is 5.13. The van der Waals surface area contributed by atoms with Crippen LogP contribution in [-0.4, -0.2) is 44.3 Å². The van der Waals surface area contributed by atoms with Crippen LogP contribution < -0.4 is 0 Å². The zero-order chi connectivity index (χ0) is 14.3. The lowest BCUT2D eigenvalue weighted by Gasteiger charge is -2.31. The van der Waals surface area contributed by atoms with Crippen LogP contribution in [0.1, 0.15) is 6.23 Å². The van der Waals surface area contributed by atoms with Gasteiger partial charge in [0.15, 0.2) is 0 Å². The normalized spacial score (nSPS) is 14.8. The predicted octanol–water partition coefficient (Wildman–Crippen LogP) is 0.819. The molecular formula is C10H10F3N3O3. The lowest BCUT2D eigenvalue weighted by atomic mass is 10.2. The Morgan fingerprint density at radius 2 is 1.89 bits per heavy atom. The summed E-state index contributed by atoms with van der Waals surface area (Å²) in [4.78, 5) is 0. The Morgan fingerprint density at radius 3 is 2.47 bits per heavy atom. The third-order valence-electron chi connectivity index (χ3n) is 2.58. The molecule has 1 aromatic heterocycles. The monoisotopic (exact) mass is 277 g/mol. The number of hydrogen-bond donors (Lipinski definition) is 2. The molecule has 2 aromatic rings. The third-order valence-corrected chi connectivity index (χ3v) is 2.58. The van der Waals surface area contributed by atoms with E-state index in [1.165, 1.54) is 12.1 Å². The predicted molar refractivity (Wildman–Crippen MR) is 56.8 cm³/mol. The molecule has 6 nitrogen and oxygen atoms in total. The van der Waals surface area contributed by atoms with Crippen molar-refractivity contribution in [2.24, 2.45) is 0 Å². The molecule has 1 unspecified atom stereocenters. The van der Waals surface area contributed by atoms with Gasteiger partial charge in [-0.1, -0.05) is 17.3 Å². The summed E-state index contributed by atoms with van der Waals surface area (Å²) in [5.74, 6) is -4.09. The highest BCUT2D eigenvalue weighted by Gasteiger charge is 2.60. The fourth-order valence-corrected chi connectivity index (χ4v) is 1.63. The van der Waals surface area contributed by atoms with Crippen molar-refractivity contribution < 1.29 is 28.1 Å². The molecule has 0 aliphatic carbocycles. The average molecular weight is 277 g/mol. The molecule has 1 heterocycles. The van der Waals surface area contributed by atoms with Crippen molar-refractivity contribution in [3.8, 4) is 0 Å². The summed E-state index contributed by atoms with van der Waals surface area (Å²) in [6.07, 6.45) is -7.47. The van der Waals surface area contributed by atoms with Gasteiger partial charge in [-0.3, -0.25) is 0 Å². The maximum Gasteiger partial charge on any atom is 0.447 e. The average Bonchev–Trinajstić information content (AvgIpc) is 2.73. The minimum absolute atomic E-state index is 0.186. The lowest BCUT2D eigenvalue weighted by Crippen LogP contribution is -2.52. The lowest BCUT2D eigenvalue weighted by molar-refractivity contribution is -0.395. The topological polar surface area (TPSA) is 80.4 Å². The first-order chi connectivity index (χ1) is 8.79. The van der Waals surface area contributed by atoms with Gasteiger partial charge in [0.25, 0.3) is 0 Å². The van der Waals surface area contributed by atoms with Crippen LogP contribution in [0.2, 0.25) is 0 Å².